The molecular formula is C33H34ClFN6O4. The van der Waals surface area contributed by atoms with Crippen molar-refractivity contribution in [3.8, 4) is 5.88 Å². The van der Waals surface area contributed by atoms with Gasteiger partial charge in [-0.05, 0) is 67.2 Å². The largest absolute Gasteiger partial charge is 0.481 e. The van der Waals surface area contributed by atoms with E-state index in [1.807, 2.05) is 6.07 Å². The van der Waals surface area contributed by atoms with E-state index in [-0.39, 0.29) is 29.1 Å². The molecule has 2 amide bonds. The lowest BCUT2D eigenvalue weighted by Gasteiger charge is -2.28. The molecule has 0 bridgehead atoms. The van der Waals surface area contributed by atoms with E-state index in [0.29, 0.717) is 41.4 Å². The summed E-state index contributed by atoms with van der Waals surface area (Å²) in [5, 5.41) is 12.4. The van der Waals surface area contributed by atoms with Crippen LogP contribution in [0.1, 0.15) is 69.5 Å². The monoisotopic (exact) mass is 632 g/mol. The van der Waals surface area contributed by atoms with Crippen LogP contribution in [0.2, 0.25) is 0 Å². The number of anilines is 1. The summed E-state index contributed by atoms with van der Waals surface area (Å²) in [6.07, 6.45) is 7.56. The van der Waals surface area contributed by atoms with E-state index in [1.165, 1.54) is 25.4 Å². The quantitative estimate of drug-likeness (QED) is 0.317. The van der Waals surface area contributed by atoms with E-state index in [4.69, 9.17) is 21.3 Å². The molecule has 3 heterocycles. The maximum atomic E-state index is 15.6. The van der Waals surface area contributed by atoms with E-state index >= 15 is 4.39 Å². The minimum Gasteiger partial charge on any atom is -0.481 e. The molecule has 1 aliphatic heterocycles. The number of carbonyl (C=O) groups excluding carboxylic acids is 2. The van der Waals surface area contributed by atoms with Gasteiger partial charge in [0.05, 0.1) is 18.2 Å². The summed E-state index contributed by atoms with van der Waals surface area (Å²) >= 11 is 7.07. The Morgan fingerprint density at radius 1 is 1.22 bits per heavy atom. The number of hydrogen-bond donors (Lipinski definition) is 3. The average Bonchev–Trinajstić information content (AvgIpc) is 3.64. The number of benzene rings is 1. The van der Waals surface area contributed by atoms with Crippen LogP contribution in [0.4, 0.5) is 10.1 Å². The van der Waals surface area contributed by atoms with Crippen molar-refractivity contribution in [3.05, 3.63) is 98.4 Å². The Labute approximate surface area is 264 Å². The number of rotatable bonds is 8. The highest BCUT2D eigenvalue weighted by atomic mass is 35.5. The first-order valence-electron chi connectivity index (χ1n) is 14.9. The zero-order valence-electron chi connectivity index (χ0n) is 25.2. The third kappa shape index (κ3) is 5.89. The van der Waals surface area contributed by atoms with E-state index in [9.17, 15) is 14.4 Å². The van der Waals surface area contributed by atoms with E-state index < -0.39 is 28.6 Å². The van der Waals surface area contributed by atoms with Crippen molar-refractivity contribution in [1.29, 1.82) is 0 Å². The first-order chi connectivity index (χ1) is 21.7. The fraction of sp³-hybridized carbons (Fsp3) is 0.364. The lowest BCUT2D eigenvalue weighted by Crippen LogP contribution is -2.37. The third-order valence-electron chi connectivity index (χ3n) is 8.83. The number of nitrogens with one attached hydrogen (secondary N) is 3. The molecule has 1 fully saturated rings. The Hall–Kier alpha value is -4.35. The predicted molar refractivity (Wildman–Crippen MR) is 169 cm³/mol. The van der Waals surface area contributed by atoms with Gasteiger partial charge in [0.1, 0.15) is 11.4 Å². The molecule has 1 aromatic carbocycles. The number of methoxy groups -OCH3 is 1. The highest BCUT2D eigenvalue weighted by molar-refractivity contribution is 6.27. The van der Waals surface area contributed by atoms with Gasteiger partial charge in [-0.15, -0.1) is 11.6 Å². The first-order valence-corrected chi connectivity index (χ1v) is 15.4. The number of ether oxygens (including phenoxy) is 1. The SMILES string of the molecule is COc1nc(C2C=CC(F)=C(c3cccc(NC(=O)c4ccnn(C)c4=O)c3C)C2Cl)cc2c1[C@@H](NC[C@@H]1CCC(=O)N1)CC2. The second-order valence-corrected chi connectivity index (χ2v) is 12.1. The van der Waals surface area contributed by atoms with Crippen molar-refractivity contribution in [2.75, 3.05) is 19.0 Å². The smallest absolute Gasteiger partial charge is 0.279 e. The third-order valence-corrected chi connectivity index (χ3v) is 9.32. The van der Waals surface area contributed by atoms with Crippen LogP contribution in [-0.4, -0.2) is 51.7 Å². The summed E-state index contributed by atoms with van der Waals surface area (Å²) < 4.78 is 22.4. The molecule has 2 aromatic heterocycles. The molecule has 4 atom stereocenters. The molecule has 2 aliphatic carbocycles. The number of halogens is 2. The molecular weight excluding hydrogens is 599 g/mol. The van der Waals surface area contributed by atoms with E-state index in [0.717, 1.165) is 35.1 Å². The number of allylic oxidation sites excluding steroid dienone is 4. The normalized spacial score (nSPS) is 22.4. The predicted octanol–water partition coefficient (Wildman–Crippen LogP) is 4.24. The van der Waals surface area contributed by atoms with E-state index in [2.05, 4.69) is 21.0 Å². The second kappa shape index (κ2) is 12.6. The molecule has 3 aliphatic rings. The molecule has 10 nitrogen and oxygen atoms in total. The highest BCUT2D eigenvalue weighted by Gasteiger charge is 2.35. The molecule has 3 aromatic rings. The number of hydrogen-bond acceptors (Lipinski definition) is 7. The van der Waals surface area contributed by atoms with Gasteiger partial charge in [0.15, 0.2) is 0 Å². The molecule has 45 heavy (non-hydrogen) atoms. The van der Waals surface area contributed by atoms with Gasteiger partial charge < -0.3 is 20.7 Å². The lowest BCUT2D eigenvalue weighted by molar-refractivity contribution is -0.119. The lowest BCUT2D eigenvalue weighted by atomic mass is 9.84. The topological polar surface area (TPSA) is 127 Å². The van der Waals surface area contributed by atoms with E-state index in [1.54, 1.807) is 38.3 Å². The van der Waals surface area contributed by atoms with Crippen LogP contribution in [-0.2, 0) is 18.3 Å². The molecule has 2 unspecified atom stereocenters. The van der Waals surface area contributed by atoms with Crippen LogP contribution in [0.3, 0.4) is 0 Å². The Kier molecular flexibility index (Phi) is 8.56. The number of amides is 2. The zero-order valence-corrected chi connectivity index (χ0v) is 26.0. The Bertz CT molecular complexity index is 1800. The second-order valence-electron chi connectivity index (χ2n) is 11.6. The molecule has 3 N–H and O–H groups in total. The van der Waals surface area contributed by atoms with Crippen LogP contribution >= 0.6 is 11.6 Å². The average molecular weight is 633 g/mol. The summed E-state index contributed by atoms with van der Waals surface area (Å²) in [4.78, 5) is 41.8. The number of pyridine rings is 1. The summed E-state index contributed by atoms with van der Waals surface area (Å²) in [6, 6.07) is 8.71. The van der Waals surface area contributed by atoms with Crippen molar-refractivity contribution in [1.82, 2.24) is 25.4 Å². The fourth-order valence-electron chi connectivity index (χ4n) is 6.42. The number of alkyl halides is 1. The maximum Gasteiger partial charge on any atom is 0.279 e. The number of nitrogens with zero attached hydrogens (tertiary/aromatic N) is 3. The van der Waals surface area contributed by atoms with Gasteiger partial charge in [-0.2, -0.15) is 5.10 Å². The Morgan fingerprint density at radius 2 is 2.04 bits per heavy atom. The van der Waals surface area contributed by atoms with Gasteiger partial charge in [0.2, 0.25) is 11.8 Å². The zero-order chi connectivity index (χ0) is 31.8. The van der Waals surface area contributed by atoms with Crippen LogP contribution in [0.25, 0.3) is 5.57 Å². The van der Waals surface area contributed by atoms with Crippen LogP contribution in [0.15, 0.2) is 59.3 Å². The molecule has 0 spiro atoms. The Morgan fingerprint density at radius 3 is 2.80 bits per heavy atom. The number of aryl methyl sites for hydroxylation is 2. The molecule has 12 heteroatoms. The van der Waals surface area contributed by atoms with Crippen molar-refractivity contribution < 1.29 is 18.7 Å². The molecule has 234 valence electrons. The molecule has 6 rings (SSSR count). The summed E-state index contributed by atoms with van der Waals surface area (Å²) in [5.74, 6) is -0.922. The van der Waals surface area contributed by atoms with Crippen molar-refractivity contribution >= 4 is 34.7 Å². The van der Waals surface area contributed by atoms with Crippen molar-refractivity contribution in [2.45, 2.75) is 56.0 Å². The summed E-state index contributed by atoms with van der Waals surface area (Å²) in [5.41, 5.74) is 4.05. The van der Waals surface area contributed by atoms with Gasteiger partial charge in [-0.3, -0.25) is 14.4 Å². The Balaban J connectivity index is 1.25. The number of fused-ring (bicyclic) bond motifs is 1. The van der Waals surface area contributed by atoms with Gasteiger partial charge >= 0.3 is 0 Å². The van der Waals surface area contributed by atoms with Gasteiger partial charge in [-0.25, -0.2) is 14.1 Å². The molecule has 0 radical (unpaired) electrons. The maximum absolute atomic E-state index is 15.6. The van der Waals surface area contributed by atoms with Crippen LogP contribution in [0.5, 0.6) is 5.88 Å². The standard InChI is InChI=1S/C33H34ClFN6O4/c1-17-20(5-4-6-24(17)39-31(43)22-13-14-37-41(2)33(22)44)29-23(35)10-9-21(30(29)34)26-15-18-7-11-25(28(18)32(40-26)45-3)36-16-19-8-12-27(42)38-19/h4-6,9-10,13-15,19,21,25,30,36H,7-8,11-12,16H2,1-3H3,(H,38,42)(H,39,43)/t19-,21?,25-,30?/m0/s1. The van der Waals surface area contributed by atoms with Gasteiger partial charge in [0, 0.05) is 61.0 Å². The van der Waals surface area contributed by atoms with Crippen molar-refractivity contribution in [2.24, 2.45) is 7.05 Å². The minimum atomic E-state index is -0.802. The van der Waals surface area contributed by atoms with Crippen LogP contribution in [0, 0.1) is 6.92 Å². The first kappa shape index (κ1) is 30.7. The van der Waals surface area contributed by atoms with Gasteiger partial charge in [-0.1, -0.05) is 18.2 Å². The number of carbonyl (C=O) groups is 2. The summed E-state index contributed by atoms with van der Waals surface area (Å²) in [7, 11) is 3.05. The molecule has 0 saturated carbocycles. The van der Waals surface area contributed by atoms with Crippen LogP contribution < -0.4 is 26.2 Å². The van der Waals surface area contributed by atoms with Gasteiger partial charge in [0.25, 0.3) is 11.5 Å². The van der Waals surface area contributed by atoms with Crippen molar-refractivity contribution in [3.63, 3.8) is 0 Å². The summed E-state index contributed by atoms with van der Waals surface area (Å²) in [6.45, 7) is 2.44. The molecule has 1 saturated heterocycles. The highest BCUT2D eigenvalue weighted by Crippen LogP contribution is 2.45. The number of aromatic nitrogens is 3. The minimum absolute atomic E-state index is 0.0450. The fourth-order valence-corrected chi connectivity index (χ4v) is 6.85.